The van der Waals surface area contributed by atoms with Crippen LogP contribution < -0.4 is 10.6 Å². The molecular formula is C22H21N5O4. The topological polar surface area (TPSA) is 119 Å². The first-order chi connectivity index (χ1) is 14.7. The Kier molecular flexibility index (Phi) is 5.02. The Balaban J connectivity index is 1.55. The zero-order valence-electron chi connectivity index (χ0n) is 17.3. The number of nitro benzene ring substituents is 1. The quantitative estimate of drug-likeness (QED) is 0.480. The van der Waals surface area contributed by atoms with E-state index in [1.807, 2.05) is 38.1 Å². The number of nitro groups is 1. The molecule has 0 aliphatic carbocycles. The highest BCUT2D eigenvalue weighted by molar-refractivity contribution is 6.04. The molecule has 9 heteroatoms. The molecule has 0 saturated carbocycles. The van der Waals surface area contributed by atoms with Gasteiger partial charge in [0, 0.05) is 23.4 Å². The number of fused-ring (bicyclic) bond motifs is 1. The van der Waals surface area contributed by atoms with Gasteiger partial charge in [-0.05, 0) is 38.0 Å². The number of benzene rings is 2. The van der Waals surface area contributed by atoms with Crippen LogP contribution in [-0.2, 0) is 9.59 Å². The smallest absolute Gasteiger partial charge is 0.269 e. The van der Waals surface area contributed by atoms with E-state index in [9.17, 15) is 19.7 Å². The number of aromatic nitrogens is 2. The lowest BCUT2D eigenvalue weighted by Crippen LogP contribution is -2.24. The molecule has 31 heavy (non-hydrogen) atoms. The number of nitrogens with one attached hydrogen (secondary N) is 2. The fourth-order valence-corrected chi connectivity index (χ4v) is 3.73. The number of anilines is 2. The van der Waals surface area contributed by atoms with Crippen molar-refractivity contribution in [2.75, 3.05) is 10.6 Å². The van der Waals surface area contributed by atoms with Crippen LogP contribution in [0, 0.1) is 30.9 Å². The van der Waals surface area contributed by atoms with Crippen molar-refractivity contribution in [2.45, 2.75) is 33.2 Å². The molecule has 1 unspecified atom stereocenters. The van der Waals surface area contributed by atoms with E-state index in [1.54, 1.807) is 11.6 Å². The number of hydrogen-bond donors (Lipinski definition) is 2. The molecule has 1 aliphatic rings. The lowest BCUT2D eigenvalue weighted by atomic mass is 10.0. The first-order valence-electron chi connectivity index (χ1n) is 9.76. The average molecular weight is 419 g/mol. The molecule has 2 amide bonds. The van der Waals surface area contributed by atoms with Crippen LogP contribution in [0.4, 0.5) is 17.2 Å². The molecule has 9 nitrogen and oxygen atoms in total. The molecule has 1 aromatic heterocycles. The van der Waals surface area contributed by atoms with Gasteiger partial charge in [0.25, 0.3) is 11.6 Å². The maximum absolute atomic E-state index is 12.6. The van der Waals surface area contributed by atoms with Gasteiger partial charge in [0.2, 0.25) is 5.91 Å². The maximum Gasteiger partial charge on any atom is 0.269 e. The number of rotatable bonds is 5. The summed E-state index contributed by atoms with van der Waals surface area (Å²) in [5, 5.41) is 21.0. The minimum Gasteiger partial charge on any atom is -0.326 e. The summed E-state index contributed by atoms with van der Waals surface area (Å²) in [4.78, 5) is 35.6. The zero-order valence-corrected chi connectivity index (χ0v) is 17.3. The number of non-ortho nitro benzene ring substituents is 1. The van der Waals surface area contributed by atoms with E-state index in [2.05, 4.69) is 15.7 Å². The number of hydrogen-bond acceptors (Lipinski definition) is 5. The van der Waals surface area contributed by atoms with Gasteiger partial charge in [0.05, 0.1) is 17.0 Å². The molecule has 158 valence electrons. The van der Waals surface area contributed by atoms with Crippen molar-refractivity contribution in [3.63, 3.8) is 0 Å². The fraction of sp³-hybridized carbons (Fsp3) is 0.227. The first-order valence-corrected chi connectivity index (χ1v) is 9.76. The normalized spacial score (nSPS) is 14.8. The second-order valence-corrected chi connectivity index (χ2v) is 7.63. The van der Waals surface area contributed by atoms with E-state index in [4.69, 9.17) is 0 Å². The Morgan fingerprint density at radius 1 is 1.19 bits per heavy atom. The van der Waals surface area contributed by atoms with E-state index < -0.39 is 11.0 Å². The molecule has 4 rings (SSSR count). The van der Waals surface area contributed by atoms with Crippen molar-refractivity contribution in [1.82, 2.24) is 9.78 Å². The van der Waals surface area contributed by atoms with E-state index >= 15 is 0 Å². The van der Waals surface area contributed by atoms with E-state index in [-0.39, 0.29) is 23.9 Å². The number of aryl methyl sites for hydroxylation is 3. The summed E-state index contributed by atoms with van der Waals surface area (Å²) in [6, 6.07) is 11.4. The summed E-state index contributed by atoms with van der Waals surface area (Å²) in [5.41, 5.74) is 4.65. The van der Waals surface area contributed by atoms with E-state index in [0.29, 0.717) is 17.1 Å². The van der Waals surface area contributed by atoms with Crippen LogP contribution in [0.2, 0.25) is 0 Å². The van der Waals surface area contributed by atoms with Crippen molar-refractivity contribution in [3.05, 3.63) is 69.4 Å². The number of carbonyl (C=O) groups is 2. The molecule has 2 aromatic carbocycles. The standard InChI is InChI=1S/C22H21N5O4/c1-12-4-6-15(7-5-12)20-14(3)25-26-18(22(29)24-21(20)26)11-19(28)23-17-9-8-16(27(30)31)10-13(17)2/h4-10,18H,11H2,1-3H3,(H,23,28)(H,24,29). The SMILES string of the molecule is Cc1ccc(-c2c(C)nn3c2NC(=O)C3CC(=O)Nc2ccc([N+](=O)[O-])cc2C)cc1. The Hall–Kier alpha value is -4.01. The average Bonchev–Trinajstić information content (AvgIpc) is 3.18. The summed E-state index contributed by atoms with van der Waals surface area (Å²) < 4.78 is 1.56. The van der Waals surface area contributed by atoms with Crippen molar-refractivity contribution in [3.8, 4) is 11.1 Å². The van der Waals surface area contributed by atoms with Crippen LogP contribution in [0.15, 0.2) is 42.5 Å². The predicted molar refractivity (Wildman–Crippen MR) is 116 cm³/mol. The third kappa shape index (κ3) is 3.77. The second-order valence-electron chi connectivity index (χ2n) is 7.63. The summed E-state index contributed by atoms with van der Waals surface area (Å²) >= 11 is 0. The molecule has 1 atom stereocenters. The number of nitrogens with zero attached hydrogens (tertiary/aromatic N) is 3. The molecule has 0 saturated heterocycles. The highest BCUT2D eigenvalue weighted by Gasteiger charge is 2.36. The van der Waals surface area contributed by atoms with Gasteiger partial charge in [-0.15, -0.1) is 0 Å². The molecule has 3 aromatic rings. The lowest BCUT2D eigenvalue weighted by molar-refractivity contribution is -0.384. The van der Waals surface area contributed by atoms with Gasteiger partial charge in [0.15, 0.2) is 0 Å². The minimum atomic E-state index is -0.772. The van der Waals surface area contributed by atoms with Crippen LogP contribution in [0.3, 0.4) is 0 Å². The highest BCUT2D eigenvalue weighted by Crippen LogP contribution is 2.38. The van der Waals surface area contributed by atoms with Crippen LogP contribution in [0.1, 0.15) is 29.3 Å². The summed E-state index contributed by atoms with van der Waals surface area (Å²) in [7, 11) is 0. The Bertz CT molecular complexity index is 1210. The third-order valence-electron chi connectivity index (χ3n) is 5.34. The van der Waals surface area contributed by atoms with Crippen molar-refractivity contribution < 1.29 is 14.5 Å². The second kappa shape index (κ2) is 7.67. The Morgan fingerprint density at radius 2 is 1.90 bits per heavy atom. The molecule has 0 radical (unpaired) electrons. The van der Waals surface area contributed by atoms with E-state index in [1.165, 1.54) is 18.2 Å². The zero-order chi connectivity index (χ0) is 22.3. The Labute approximate surface area is 178 Å². The summed E-state index contributed by atoms with van der Waals surface area (Å²) in [6.07, 6.45) is -0.107. The molecular weight excluding hydrogens is 398 g/mol. The van der Waals surface area contributed by atoms with Crippen molar-refractivity contribution in [1.29, 1.82) is 0 Å². The highest BCUT2D eigenvalue weighted by atomic mass is 16.6. The van der Waals surface area contributed by atoms with Gasteiger partial charge >= 0.3 is 0 Å². The minimum absolute atomic E-state index is 0.0500. The fourth-order valence-electron chi connectivity index (χ4n) is 3.73. The molecule has 0 fully saturated rings. The molecule has 0 spiro atoms. The van der Waals surface area contributed by atoms with Crippen molar-refractivity contribution >= 4 is 29.0 Å². The van der Waals surface area contributed by atoms with Crippen molar-refractivity contribution in [2.24, 2.45) is 0 Å². The lowest BCUT2D eigenvalue weighted by Gasteiger charge is -2.11. The van der Waals surface area contributed by atoms with Gasteiger partial charge in [-0.2, -0.15) is 5.10 Å². The van der Waals surface area contributed by atoms with Gasteiger partial charge in [-0.25, -0.2) is 4.68 Å². The van der Waals surface area contributed by atoms with Gasteiger partial charge in [-0.3, -0.25) is 19.7 Å². The largest absolute Gasteiger partial charge is 0.326 e. The van der Waals surface area contributed by atoms with Crippen LogP contribution >= 0.6 is 0 Å². The van der Waals surface area contributed by atoms with E-state index in [0.717, 1.165) is 22.4 Å². The molecule has 2 heterocycles. The molecule has 2 N–H and O–H groups in total. The van der Waals surface area contributed by atoms with Crippen LogP contribution in [-0.4, -0.2) is 26.5 Å². The monoisotopic (exact) mass is 419 g/mol. The summed E-state index contributed by atoms with van der Waals surface area (Å²) in [5.74, 6) is -0.0999. The van der Waals surface area contributed by atoms with Gasteiger partial charge in [-0.1, -0.05) is 29.8 Å². The Morgan fingerprint density at radius 3 is 2.55 bits per heavy atom. The van der Waals surface area contributed by atoms with Gasteiger partial charge in [0.1, 0.15) is 11.9 Å². The van der Waals surface area contributed by atoms with Crippen LogP contribution in [0.5, 0.6) is 0 Å². The number of amides is 2. The molecule has 0 bridgehead atoms. The van der Waals surface area contributed by atoms with Gasteiger partial charge < -0.3 is 10.6 Å². The maximum atomic E-state index is 12.6. The predicted octanol–water partition coefficient (Wildman–Crippen LogP) is 3.91. The first kappa shape index (κ1) is 20.3. The van der Waals surface area contributed by atoms with Crippen LogP contribution in [0.25, 0.3) is 11.1 Å². The third-order valence-corrected chi connectivity index (χ3v) is 5.34. The number of carbonyl (C=O) groups excluding carboxylic acids is 2. The summed E-state index contributed by atoms with van der Waals surface area (Å²) in [6.45, 7) is 5.54. The molecule has 1 aliphatic heterocycles.